The van der Waals surface area contributed by atoms with Crippen LogP contribution in [0.2, 0.25) is 0 Å². The molecule has 8 heteroatoms. The van der Waals surface area contributed by atoms with Crippen LogP contribution in [-0.4, -0.2) is 44.8 Å². The Morgan fingerprint density at radius 1 is 1.33 bits per heavy atom. The van der Waals surface area contributed by atoms with Crippen LogP contribution in [0.15, 0.2) is 12.3 Å². The van der Waals surface area contributed by atoms with Crippen LogP contribution in [0.3, 0.4) is 0 Å². The van der Waals surface area contributed by atoms with E-state index in [2.05, 4.69) is 0 Å². The summed E-state index contributed by atoms with van der Waals surface area (Å²) in [5.41, 5.74) is -0.338. The number of carboxylic acid groups (broad SMARTS) is 1. The van der Waals surface area contributed by atoms with E-state index in [9.17, 15) is 14.4 Å². The number of aromatic carboxylic acids is 1. The standard InChI is InChI=1S/C13H17N3O5/c1-13(2,3)21-12(20)15-7-10(17)16(15)8-5-9(11(18)19)14(4)6-8/h5-6H,7H2,1-4H3,(H,18,19). The number of carboxylic acids is 1. The molecule has 1 aliphatic heterocycles. The Bertz CT molecular complexity index is 614. The molecule has 0 radical (unpaired) electrons. The average Bonchev–Trinajstić information content (AvgIpc) is 2.64. The smallest absolute Gasteiger partial charge is 0.430 e. The number of ether oxygens (including phenoxy) is 1. The molecule has 21 heavy (non-hydrogen) atoms. The van der Waals surface area contributed by atoms with Crippen molar-refractivity contribution in [3.8, 4) is 0 Å². The van der Waals surface area contributed by atoms with Crippen molar-refractivity contribution in [2.45, 2.75) is 26.4 Å². The number of carbonyl (C=O) groups excluding carboxylic acids is 2. The highest BCUT2D eigenvalue weighted by Crippen LogP contribution is 2.27. The second-order valence-corrected chi connectivity index (χ2v) is 5.74. The second kappa shape index (κ2) is 4.80. The molecule has 0 spiro atoms. The van der Waals surface area contributed by atoms with Crippen molar-refractivity contribution in [2.24, 2.45) is 7.05 Å². The van der Waals surface area contributed by atoms with Crippen molar-refractivity contribution in [2.75, 3.05) is 11.6 Å². The van der Waals surface area contributed by atoms with Crippen molar-refractivity contribution in [1.82, 2.24) is 9.58 Å². The SMILES string of the molecule is Cn1cc(N2C(=O)CN2C(=O)OC(C)(C)C)cc1C(=O)O. The van der Waals surface area contributed by atoms with E-state index in [0.717, 1.165) is 10.0 Å². The van der Waals surface area contributed by atoms with Crippen LogP contribution in [0.5, 0.6) is 0 Å². The van der Waals surface area contributed by atoms with Gasteiger partial charge in [0.05, 0.1) is 5.69 Å². The van der Waals surface area contributed by atoms with Crippen LogP contribution in [-0.2, 0) is 16.6 Å². The minimum Gasteiger partial charge on any atom is -0.477 e. The van der Waals surface area contributed by atoms with Gasteiger partial charge in [0.25, 0.3) is 5.91 Å². The van der Waals surface area contributed by atoms with Crippen LogP contribution >= 0.6 is 0 Å². The van der Waals surface area contributed by atoms with E-state index in [1.54, 1.807) is 27.8 Å². The van der Waals surface area contributed by atoms with Gasteiger partial charge >= 0.3 is 12.1 Å². The van der Waals surface area contributed by atoms with E-state index in [0.29, 0.717) is 5.69 Å². The van der Waals surface area contributed by atoms with E-state index in [4.69, 9.17) is 9.84 Å². The highest BCUT2D eigenvalue weighted by molar-refractivity contribution is 6.04. The molecule has 1 fully saturated rings. The van der Waals surface area contributed by atoms with Gasteiger partial charge in [0, 0.05) is 13.2 Å². The number of aryl methyl sites for hydroxylation is 1. The zero-order valence-corrected chi connectivity index (χ0v) is 12.3. The van der Waals surface area contributed by atoms with Crippen molar-refractivity contribution in [3.05, 3.63) is 18.0 Å². The van der Waals surface area contributed by atoms with Gasteiger partial charge in [-0.15, -0.1) is 0 Å². The lowest BCUT2D eigenvalue weighted by Gasteiger charge is -2.42. The van der Waals surface area contributed by atoms with Gasteiger partial charge in [-0.25, -0.2) is 19.6 Å². The molecular weight excluding hydrogens is 278 g/mol. The Balaban J connectivity index is 2.22. The number of anilines is 1. The normalized spacial score (nSPS) is 15.0. The van der Waals surface area contributed by atoms with Crippen LogP contribution in [0.4, 0.5) is 10.5 Å². The molecule has 1 N–H and O–H groups in total. The van der Waals surface area contributed by atoms with E-state index in [1.807, 2.05) is 0 Å². The van der Waals surface area contributed by atoms with Crippen LogP contribution < -0.4 is 5.01 Å². The van der Waals surface area contributed by atoms with Gasteiger partial charge in [-0.3, -0.25) is 4.79 Å². The number of nitrogens with zero attached hydrogens (tertiary/aromatic N) is 3. The summed E-state index contributed by atoms with van der Waals surface area (Å²) >= 11 is 0. The topological polar surface area (TPSA) is 92.1 Å². The molecule has 0 aromatic carbocycles. The number of aromatic nitrogens is 1. The van der Waals surface area contributed by atoms with Gasteiger partial charge in [0.15, 0.2) is 0 Å². The lowest BCUT2D eigenvalue weighted by Crippen LogP contribution is -2.64. The number of hydrogen-bond acceptors (Lipinski definition) is 4. The molecule has 1 aromatic heterocycles. The lowest BCUT2D eigenvalue weighted by molar-refractivity contribution is -0.131. The predicted molar refractivity (Wildman–Crippen MR) is 72.8 cm³/mol. The summed E-state index contributed by atoms with van der Waals surface area (Å²) in [6.07, 6.45) is 0.820. The molecule has 0 saturated carbocycles. The molecule has 2 heterocycles. The Labute approximate surface area is 121 Å². The summed E-state index contributed by atoms with van der Waals surface area (Å²) in [4.78, 5) is 34.7. The Hall–Kier alpha value is -2.51. The van der Waals surface area contributed by atoms with E-state index in [-0.39, 0.29) is 18.1 Å². The molecule has 0 aliphatic carbocycles. The van der Waals surface area contributed by atoms with Gasteiger partial charge in [-0.2, -0.15) is 0 Å². The average molecular weight is 295 g/mol. The molecule has 2 rings (SSSR count). The third-order valence-corrected chi connectivity index (χ3v) is 2.82. The Morgan fingerprint density at radius 3 is 2.38 bits per heavy atom. The first-order chi connectivity index (χ1) is 9.60. The highest BCUT2D eigenvalue weighted by Gasteiger charge is 2.42. The quantitative estimate of drug-likeness (QED) is 0.885. The maximum Gasteiger partial charge on any atom is 0.430 e. The molecule has 1 saturated heterocycles. The fourth-order valence-electron chi connectivity index (χ4n) is 1.94. The van der Waals surface area contributed by atoms with Crippen molar-refractivity contribution >= 4 is 23.7 Å². The van der Waals surface area contributed by atoms with E-state index < -0.39 is 17.7 Å². The first-order valence-corrected chi connectivity index (χ1v) is 6.33. The third kappa shape index (κ3) is 2.83. The number of carbonyl (C=O) groups is 3. The number of rotatable bonds is 2. The summed E-state index contributed by atoms with van der Waals surface area (Å²) in [5.74, 6) is -1.41. The maximum atomic E-state index is 12.0. The fraction of sp³-hybridized carbons (Fsp3) is 0.462. The fourth-order valence-corrected chi connectivity index (χ4v) is 1.94. The number of hydrazine groups is 1. The molecular formula is C13H17N3O5. The molecule has 0 bridgehead atoms. The first-order valence-electron chi connectivity index (χ1n) is 6.33. The molecule has 0 unspecified atom stereocenters. The molecule has 8 nitrogen and oxygen atoms in total. The summed E-state index contributed by atoms with van der Waals surface area (Å²) in [7, 11) is 1.55. The largest absolute Gasteiger partial charge is 0.477 e. The second-order valence-electron chi connectivity index (χ2n) is 5.74. The number of hydrogen-bond donors (Lipinski definition) is 1. The minimum atomic E-state index is -1.11. The summed E-state index contributed by atoms with van der Waals surface area (Å²) < 4.78 is 6.57. The van der Waals surface area contributed by atoms with Crippen molar-refractivity contribution in [3.63, 3.8) is 0 Å². The summed E-state index contributed by atoms with van der Waals surface area (Å²) in [6.45, 7) is 5.08. The molecule has 114 valence electrons. The zero-order valence-electron chi connectivity index (χ0n) is 12.3. The maximum absolute atomic E-state index is 12.0. The minimum absolute atomic E-state index is 0.0221. The zero-order chi connectivity index (χ0) is 15.9. The van der Waals surface area contributed by atoms with Gasteiger partial charge in [0.1, 0.15) is 17.8 Å². The molecule has 0 atom stereocenters. The predicted octanol–water partition coefficient (Wildman–Crippen LogP) is 1.22. The summed E-state index contributed by atoms with van der Waals surface area (Å²) in [5, 5.41) is 11.3. The molecule has 1 aromatic rings. The van der Waals surface area contributed by atoms with E-state index >= 15 is 0 Å². The first kappa shape index (κ1) is 14.9. The summed E-state index contributed by atoms with van der Waals surface area (Å²) in [6, 6.07) is 1.33. The molecule has 1 aliphatic rings. The highest BCUT2D eigenvalue weighted by atomic mass is 16.6. The Kier molecular flexibility index (Phi) is 3.40. The van der Waals surface area contributed by atoms with Gasteiger partial charge < -0.3 is 14.4 Å². The number of amides is 2. The molecule has 2 amide bonds. The van der Waals surface area contributed by atoms with Gasteiger partial charge in [0.2, 0.25) is 0 Å². The lowest BCUT2D eigenvalue weighted by atomic mass is 10.2. The van der Waals surface area contributed by atoms with Crippen LogP contribution in [0.25, 0.3) is 0 Å². The third-order valence-electron chi connectivity index (χ3n) is 2.82. The van der Waals surface area contributed by atoms with Crippen molar-refractivity contribution in [1.29, 1.82) is 0 Å². The van der Waals surface area contributed by atoms with Gasteiger partial charge in [-0.05, 0) is 26.8 Å². The van der Waals surface area contributed by atoms with Crippen LogP contribution in [0, 0.1) is 0 Å². The monoisotopic (exact) mass is 295 g/mol. The van der Waals surface area contributed by atoms with E-state index in [1.165, 1.54) is 16.8 Å². The van der Waals surface area contributed by atoms with Crippen LogP contribution in [0.1, 0.15) is 31.3 Å². The Morgan fingerprint density at radius 2 is 1.95 bits per heavy atom. The van der Waals surface area contributed by atoms with Crippen molar-refractivity contribution < 1.29 is 24.2 Å². The van der Waals surface area contributed by atoms with Gasteiger partial charge in [-0.1, -0.05) is 0 Å².